The predicted octanol–water partition coefficient (Wildman–Crippen LogP) is 1.01. The Hall–Kier alpha value is -0.870. The fourth-order valence-corrected chi connectivity index (χ4v) is 1.41. The van der Waals surface area contributed by atoms with Gasteiger partial charge in [0.05, 0.1) is 6.10 Å². The topological polar surface area (TPSA) is 69.6 Å². The van der Waals surface area contributed by atoms with Gasteiger partial charge in [0, 0.05) is 0 Å². The van der Waals surface area contributed by atoms with Crippen LogP contribution in [0.3, 0.4) is 0 Å². The molecule has 0 radical (unpaired) electrons. The number of aliphatic hydroxyl groups is 1. The third-order valence-corrected chi connectivity index (χ3v) is 2.57. The van der Waals surface area contributed by atoms with Gasteiger partial charge in [-0.3, -0.25) is 4.79 Å². The van der Waals surface area contributed by atoms with Gasteiger partial charge in [0.2, 0.25) is 0 Å². The lowest BCUT2D eigenvalue weighted by molar-refractivity contribution is -0.144. The minimum absolute atomic E-state index is 0.460. The summed E-state index contributed by atoms with van der Waals surface area (Å²) in [5, 5.41) is 21.5. The van der Waals surface area contributed by atoms with E-state index in [2.05, 4.69) is 5.32 Å². The summed E-state index contributed by atoms with van der Waals surface area (Å²) < 4.78 is 0. The van der Waals surface area contributed by atoms with Crippen LogP contribution in [0.2, 0.25) is 0 Å². The van der Waals surface area contributed by atoms with Gasteiger partial charge in [0.15, 0.2) is 0 Å². The van der Waals surface area contributed by atoms with Gasteiger partial charge < -0.3 is 15.5 Å². The second-order valence-corrected chi connectivity index (χ2v) is 4.31. The predicted molar refractivity (Wildman–Crippen MR) is 59.7 cm³/mol. The number of carboxylic acids is 1. The second kappa shape index (κ2) is 5.88. The Labute approximate surface area is 91.0 Å². The van der Waals surface area contributed by atoms with Gasteiger partial charge in [0.1, 0.15) is 6.04 Å². The van der Waals surface area contributed by atoms with E-state index in [9.17, 15) is 9.90 Å². The molecule has 3 N–H and O–H groups in total. The van der Waals surface area contributed by atoms with Crippen LogP contribution in [0.15, 0.2) is 12.2 Å². The molecule has 0 amide bonds. The fraction of sp³-hybridized carbons (Fsp3) is 0.727. The lowest BCUT2D eigenvalue weighted by Gasteiger charge is -2.33. The average molecular weight is 215 g/mol. The van der Waals surface area contributed by atoms with Crippen molar-refractivity contribution >= 4 is 5.97 Å². The highest BCUT2D eigenvalue weighted by Gasteiger charge is 2.36. The molecule has 4 nitrogen and oxygen atoms in total. The third kappa shape index (κ3) is 4.01. The number of carbonyl (C=O) groups is 1. The molecular formula is C11H21NO3. The molecule has 0 aliphatic heterocycles. The summed E-state index contributed by atoms with van der Waals surface area (Å²) in [5.41, 5.74) is -0.460. The molecule has 0 aromatic rings. The number of likely N-dealkylation sites (N-methyl/N-ethyl adjacent to an activating group) is 1. The summed E-state index contributed by atoms with van der Waals surface area (Å²) in [6.07, 6.45) is 3.55. The number of hydrogen-bond acceptors (Lipinski definition) is 3. The maximum Gasteiger partial charge on any atom is 0.323 e. The number of aliphatic hydroxyl groups excluding tert-OH is 1. The van der Waals surface area contributed by atoms with Crippen LogP contribution in [-0.2, 0) is 4.79 Å². The zero-order valence-electron chi connectivity index (χ0n) is 9.82. The van der Waals surface area contributed by atoms with Crippen LogP contribution < -0.4 is 5.32 Å². The number of aliphatic carboxylic acids is 1. The van der Waals surface area contributed by atoms with Crippen LogP contribution in [0, 0.1) is 5.41 Å². The number of rotatable bonds is 6. The van der Waals surface area contributed by atoms with E-state index in [1.807, 2.05) is 32.9 Å². The minimum atomic E-state index is -1.03. The van der Waals surface area contributed by atoms with E-state index >= 15 is 0 Å². The largest absolute Gasteiger partial charge is 0.480 e. The Bertz CT molecular complexity index is 236. The molecule has 0 spiro atoms. The van der Waals surface area contributed by atoms with Gasteiger partial charge in [-0.1, -0.05) is 26.0 Å². The molecule has 2 atom stereocenters. The normalized spacial score (nSPS) is 16.6. The summed E-state index contributed by atoms with van der Waals surface area (Å²) in [6, 6.07) is -0.926. The Morgan fingerprint density at radius 3 is 2.40 bits per heavy atom. The van der Waals surface area contributed by atoms with Gasteiger partial charge in [-0.05, 0) is 25.8 Å². The molecule has 0 rings (SSSR count). The van der Waals surface area contributed by atoms with Crippen molar-refractivity contribution in [3.05, 3.63) is 12.2 Å². The molecular weight excluding hydrogens is 194 g/mol. The van der Waals surface area contributed by atoms with Gasteiger partial charge in [-0.25, -0.2) is 0 Å². The fourth-order valence-electron chi connectivity index (χ4n) is 1.41. The minimum Gasteiger partial charge on any atom is -0.480 e. The van der Waals surface area contributed by atoms with Crippen molar-refractivity contribution in [2.45, 2.75) is 39.3 Å². The van der Waals surface area contributed by atoms with E-state index in [4.69, 9.17) is 5.11 Å². The molecule has 0 unspecified atom stereocenters. The lowest BCUT2D eigenvalue weighted by Crippen LogP contribution is -2.50. The molecule has 15 heavy (non-hydrogen) atoms. The molecule has 0 aliphatic rings. The Balaban J connectivity index is 4.63. The van der Waals surface area contributed by atoms with E-state index in [-0.39, 0.29) is 0 Å². The first kappa shape index (κ1) is 14.1. The van der Waals surface area contributed by atoms with Crippen molar-refractivity contribution in [3.63, 3.8) is 0 Å². The van der Waals surface area contributed by atoms with Crippen LogP contribution in [0.4, 0.5) is 0 Å². The number of hydrogen-bond donors (Lipinski definition) is 3. The highest BCUT2D eigenvalue weighted by atomic mass is 16.4. The van der Waals surface area contributed by atoms with Crippen molar-refractivity contribution in [2.75, 3.05) is 7.05 Å². The van der Waals surface area contributed by atoms with Crippen molar-refractivity contribution in [1.29, 1.82) is 0 Å². The van der Waals surface area contributed by atoms with Gasteiger partial charge in [-0.2, -0.15) is 0 Å². The average Bonchev–Trinajstić information content (AvgIpc) is 2.15. The first-order valence-electron chi connectivity index (χ1n) is 5.06. The highest BCUT2D eigenvalue weighted by molar-refractivity contribution is 5.74. The van der Waals surface area contributed by atoms with E-state index in [0.717, 1.165) is 0 Å². The Morgan fingerprint density at radius 1 is 1.53 bits per heavy atom. The molecule has 88 valence electrons. The summed E-state index contributed by atoms with van der Waals surface area (Å²) in [6.45, 7) is 5.60. The molecule has 0 aromatic heterocycles. The first-order chi connectivity index (χ1) is 6.86. The van der Waals surface area contributed by atoms with Gasteiger partial charge in [0.25, 0.3) is 0 Å². The summed E-state index contributed by atoms with van der Waals surface area (Å²) in [5.74, 6) is -1.03. The number of nitrogens with one attached hydrogen (secondary N) is 1. The quantitative estimate of drug-likeness (QED) is 0.578. The molecule has 0 heterocycles. The Kier molecular flexibility index (Phi) is 5.54. The smallest absolute Gasteiger partial charge is 0.323 e. The third-order valence-electron chi connectivity index (χ3n) is 2.57. The first-order valence-corrected chi connectivity index (χ1v) is 5.06. The molecule has 0 saturated heterocycles. The van der Waals surface area contributed by atoms with Crippen molar-refractivity contribution < 1.29 is 15.0 Å². The van der Waals surface area contributed by atoms with E-state index in [0.29, 0.717) is 6.42 Å². The van der Waals surface area contributed by atoms with Crippen LogP contribution in [0.1, 0.15) is 27.2 Å². The summed E-state index contributed by atoms with van der Waals surface area (Å²) in [7, 11) is 1.54. The monoisotopic (exact) mass is 215 g/mol. The zero-order chi connectivity index (χ0) is 12.1. The molecule has 4 heteroatoms. The molecule has 0 saturated carbocycles. The van der Waals surface area contributed by atoms with Crippen LogP contribution in [0.25, 0.3) is 0 Å². The number of carboxylic acid groups (broad SMARTS) is 1. The van der Waals surface area contributed by atoms with Gasteiger partial charge in [-0.15, -0.1) is 0 Å². The molecule has 0 aromatic carbocycles. The molecule has 0 bridgehead atoms. The zero-order valence-corrected chi connectivity index (χ0v) is 9.82. The Morgan fingerprint density at radius 2 is 2.07 bits per heavy atom. The molecule has 0 aliphatic carbocycles. The lowest BCUT2D eigenvalue weighted by atomic mass is 9.79. The van der Waals surface area contributed by atoms with Crippen molar-refractivity contribution in [3.8, 4) is 0 Å². The van der Waals surface area contributed by atoms with Crippen molar-refractivity contribution in [1.82, 2.24) is 5.32 Å². The van der Waals surface area contributed by atoms with E-state index in [1.54, 1.807) is 0 Å². The molecule has 0 fully saturated rings. The van der Waals surface area contributed by atoms with E-state index < -0.39 is 23.5 Å². The SMILES string of the molecule is C/C=C/CC(C)(C)[C@@H](O)[C@H](NC)C(=O)O. The summed E-state index contributed by atoms with van der Waals surface area (Å²) >= 11 is 0. The highest BCUT2D eigenvalue weighted by Crippen LogP contribution is 2.27. The van der Waals surface area contributed by atoms with E-state index in [1.165, 1.54) is 7.05 Å². The van der Waals surface area contributed by atoms with Crippen LogP contribution >= 0.6 is 0 Å². The van der Waals surface area contributed by atoms with Crippen LogP contribution in [0.5, 0.6) is 0 Å². The second-order valence-electron chi connectivity index (χ2n) is 4.31. The van der Waals surface area contributed by atoms with Gasteiger partial charge >= 0.3 is 5.97 Å². The van der Waals surface area contributed by atoms with Crippen LogP contribution in [-0.4, -0.2) is 35.4 Å². The summed E-state index contributed by atoms with van der Waals surface area (Å²) in [4.78, 5) is 10.9. The number of allylic oxidation sites excluding steroid dienone is 2. The maximum atomic E-state index is 10.9. The standard InChI is InChI=1S/C11H21NO3/c1-5-6-7-11(2,3)9(13)8(12-4)10(14)15/h5-6,8-9,12-13H,7H2,1-4H3,(H,14,15)/b6-5+/t8-,9-/m0/s1. The maximum absolute atomic E-state index is 10.9. The van der Waals surface area contributed by atoms with Crippen molar-refractivity contribution in [2.24, 2.45) is 5.41 Å².